The van der Waals surface area contributed by atoms with Crippen LogP contribution < -0.4 is 15.0 Å². The largest absolute Gasteiger partial charge is 0.494 e. The summed E-state index contributed by atoms with van der Waals surface area (Å²) in [6, 6.07) is 7.91. The fourth-order valence-corrected chi connectivity index (χ4v) is 3.63. The number of amides is 1. The van der Waals surface area contributed by atoms with Gasteiger partial charge in [-0.2, -0.15) is 0 Å². The lowest BCUT2D eigenvalue weighted by Gasteiger charge is -2.30. The first-order valence-corrected chi connectivity index (χ1v) is 10.7. The van der Waals surface area contributed by atoms with Crippen molar-refractivity contribution in [3.63, 3.8) is 0 Å². The fourth-order valence-electron chi connectivity index (χ4n) is 3.63. The number of carbonyl (C=O) groups is 2. The molecule has 1 amide bonds. The van der Waals surface area contributed by atoms with Crippen LogP contribution in [0.4, 0.5) is 22.7 Å². The van der Waals surface area contributed by atoms with E-state index < -0.39 is 28.3 Å². The van der Waals surface area contributed by atoms with Gasteiger partial charge in [0.1, 0.15) is 11.4 Å². The Hall–Kier alpha value is -4.22. The lowest BCUT2D eigenvalue weighted by atomic mass is 10.1. The summed E-state index contributed by atoms with van der Waals surface area (Å²) in [6.45, 7) is 2.70. The predicted molar refractivity (Wildman–Crippen MR) is 122 cm³/mol. The SMILES string of the molecule is CCOc1ccc(NC(=O)COC(=O)c2cc([N+](=O)[O-])ccc2N2CCCCC2)c([N+](=O)[O-])c1. The Morgan fingerprint density at radius 2 is 1.76 bits per heavy atom. The van der Waals surface area contributed by atoms with E-state index in [0.717, 1.165) is 25.3 Å². The van der Waals surface area contributed by atoms with Crippen molar-refractivity contribution in [3.8, 4) is 5.75 Å². The molecule has 0 atom stereocenters. The number of ether oxygens (including phenoxy) is 2. The Kier molecular flexibility index (Phi) is 7.96. The van der Waals surface area contributed by atoms with Crippen molar-refractivity contribution < 1.29 is 28.9 Å². The van der Waals surface area contributed by atoms with Crippen molar-refractivity contribution in [2.45, 2.75) is 26.2 Å². The van der Waals surface area contributed by atoms with Crippen LogP contribution in [0.25, 0.3) is 0 Å². The molecule has 0 spiro atoms. The van der Waals surface area contributed by atoms with Crippen molar-refractivity contribution in [1.29, 1.82) is 0 Å². The molecule has 34 heavy (non-hydrogen) atoms. The van der Waals surface area contributed by atoms with Gasteiger partial charge in [0.2, 0.25) is 0 Å². The Morgan fingerprint density at radius 3 is 2.41 bits per heavy atom. The summed E-state index contributed by atoms with van der Waals surface area (Å²) in [7, 11) is 0. The van der Waals surface area contributed by atoms with E-state index >= 15 is 0 Å². The highest BCUT2D eigenvalue weighted by Gasteiger charge is 2.24. The first kappa shape index (κ1) is 24.4. The summed E-state index contributed by atoms with van der Waals surface area (Å²) in [5, 5.41) is 24.9. The van der Waals surface area contributed by atoms with Crippen molar-refractivity contribution in [2.24, 2.45) is 0 Å². The molecule has 1 heterocycles. The van der Waals surface area contributed by atoms with Crippen LogP contribution >= 0.6 is 0 Å². The van der Waals surface area contributed by atoms with Gasteiger partial charge >= 0.3 is 5.97 Å². The van der Waals surface area contributed by atoms with Crippen molar-refractivity contribution in [3.05, 3.63) is 62.2 Å². The van der Waals surface area contributed by atoms with Gasteiger partial charge in [-0.15, -0.1) is 0 Å². The van der Waals surface area contributed by atoms with Gasteiger partial charge < -0.3 is 19.7 Å². The highest BCUT2D eigenvalue weighted by Crippen LogP contribution is 2.30. The molecule has 0 radical (unpaired) electrons. The number of nitro benzene ring substituents is 2. The number of hydrogen-bond acceptors (Lipinski definition) is 9. The molecule has 1 N–H and O–H groups in total. The molecule has 0 bridgehead atoms. The van der Waals surface area contributed by atoms with E-state index in [9.17, 15) is 29.8 Å². The van der Waals surface area contributed by atoms with E-state index in [1.54, 1.807) is 6.92 Å². The summed E-state index contributed by atoms with van der Waals surface area (Å²) in [6.07, 6.45) is 2.91. The van der Waals surface area contributed by atoms with Crippen LogP contribution in [0.2, 0.25) is 0 Å². The van der Waals surface area contributed by atoms with Gasteiger partial charge in [-0.25, -0.2) is 4.79 Å². The van der Waals surface area contributed by atoms with Gasteiger partial charge in [-0.3, -0.25) is 25.0 Å². The zero-order valence-electron chi connectivity index (χ0n) is 18.5. The van der Waals surface area contributed by atoms with Gasteiger partial charge in [0.15, 0.2) is 6.61 Å². The van der Waals surface area contributed by atoms with Crippen LogP contribution in [-0.4, -0.2) is 48.0 Å². The maximum Gasteiger partial charge on any atom is 0.341 e. The van der Waals surface area contributed by atoms with Crippen LogP contribution in [0, 0.1) is 20.2 Å². The number of benzene rings is 2. The van der Waals surface area contributed by atoms with Crippen molar-refractivity contribution in [2.75, 3.05) is 36.5 Å². The monoisotopic (exact) mass is 472 g/mol. The summed E-state index contributed by atoms with van der Waals surface area (Å²) in [5.74, 6) is -1.43. The predicted octanol–water partition coefficient (Wildman–Crippen LogP) is 3.69. The molecular formula is C22H24N4O8. The molecule has 3 rings (SSSR count). The summed E-state index contributed by atoms with van der Waals surface area (Å²) >= 11 is 0. The van der Waals surface area contributed by atoms with Crippen LogP contribution in [-0.2, 0) is 9.53 Å². The van der Waals surface area contributed by atoms with E-state index in [-0.39, 0.29) is 28.4 Å². The van der Waals surface area contributed by atoms with Crippen LogP contribution in [0.1, 0.15) is 36.5 Å². The number of carbonyl (C=O) groups excluding carboxylic acids is 2. The van der Waals surface area contributed by atoms with E-state index in [0.29, 0.717) is 25.4 Å². The number of nitrogens with zero attached hydrogens (tertiary/aromatic N) is 3. The van der Waals surface area contributed by atoms with Gasteiger partial charge in [0.05, 0.1) is 33.8 Å². The minimum Gasteiger partial charge on any atom is -0.494 e. The molecule has 0 saturated carbocycles. The van der Waals surface area contributed by atoms with E-state index in [1.165, 1.54) is 30.3 Å². The smallest absolute Gasteiger partial charge is 0.341 e. The van der Waals surface area contributed by atoms with Crippen LogP contribution in [0.3, 0.4) is 0 Å². The number of hydrogen-bond donors (Lipinski definition) is 1. The van der Waals surface area contributed by atoms with Gasteiger partial charge in [-0.05, 0) is 44.4 Å². The highest BCUT2D eigenvalue weighted by molar-refractivity contribution is 6.00. The molecule has 0 aromatic heterocycles. The van der Waals surface area contributed by atoms with Crippen LogP contribution in [0.5, 0.6) is 5.75 Å². The average molecular weight is 472 g/mol. The molecule has 1 saturated heterocycles. The number of esters is 1. The summed E-state index contributed by atoms with van der Waals surface area (Å²) in [5.41, 5.74) is -0.258. The van der Waals surface area contributed by atoms with E-state index in [4.69, 9.17) is 9.47 Å². The highest BCUT2D eigenvalue weighted by atomic mass is 16.6. The van der Waals surface area contributed by atoms with Crippen LogP contribution in [0.15, 0.2) is 36.4 Å². The Labute approximate surface area is 194 Å². The Bertz CT molecular complexity index is 1100. The number of nitro groups is 2. The van der Waals surface area contributed by atoms with Crippen molar-refractivity contribution >= 4 is 34.6 Å². The third-order valence-electron chi connectivity index (χ3n) is 5.19. The zero-order valence-corrected chi connectivity index (χ0v) is 18.5. The van der Waals surface area contributed by atoms with E-state index in [1.807, 2.05) is 4.90 Å². The lowest BCUT2D eigenvalue weighted by molar-refractivity contribution is -0.384. The molecule has 0 unspecified atom stereocenters. The Balaban J connectivity index is 1.73. The first-order valence-electron chi connectivity index (χ1n) is 10.7. The first-order chi connectivity index (χ1) is 16.3. The Morgan fingerprint density at radius 1 is 1.03 bits per heavy atom. The summed E-state index contributed by atoms with van der Waals surface area (Å²) < 4.78 is 10.3. The normalized spacial score (nSPS) is 13.1. The molecular weight excluding hydrogens is 448 g/mol. The molecule has 2 aromatic rings. The second-order valence-corrected chi connectivity index (χ2v) is 7.50. The molecule has 1 fully saturated rings. The maximum atomic E-state index is 12.8. The van der Waals surface area contributed by atoms with E-state index in [2.05, 4.69) is 5.32 Å². The second kappa shape index (κ2) is 11.1. The minimum absolute atomic E-state index is 0.0176. The number of anilines is 2. The minimum atomic E-state index is -0.902. The topological polar surface area (TPSA) is 154 Å². The fraction of sp³-hybridized carbons (Fsp3) is 0.364. The average Bonchev–Trinajstić information content (AvgIpc) is 2.83. The number of rotatable bonds is 9. The molecule has 12 nitrogen and oxygen atoms in total. The standard InChI is InChI=1S/C22H24N4O8/c1-2-33-16-7-8-18(20(13-16)26(31)32)23-21(27)14-34-22(28)17-12-15(25(29)30)6-9-19(17)24-10-4-3-5-11-24/h6-9,12-13H,2-5,10-11,14H2,1H3,(H,23,27). The number of non-ortho nitro benzene ring substituents is 1. The molecule has 180 valence electrons. The quantitative estimate of drug-likeness (QED) is 0.327. The molecule has 12 heteroatoms. The zero-order chi connectivity index (χ0) is 24.7. The van der Waals surface area contributed by atoms with Gasteiger partial charge in [0.25, 0.3) is 17.3 Å². The molecule has 0 aliphatic carbocycles. The second-order valence-electron chi connectivity index (χ2n) is 7.50. The third-order valence-corrected chi connectivity index (χ3v) is 5.19. The summed E-state index contributed by atoms with van der Waals surface area (Å²) in [4.78, 5) is 48.3. The van der Waals surface area contributed by atoms with Gasteiger partial charge in [-0.1, -0.05) is 0 Å². The molecule has 1 aliphatic heterocycles. The molecule has 1 aliphatic rings. The van der Waals surface area contributed by atoms with Gasteiger partial charge in [0, 0.05) is 25.2 Å². The van der Waals surface area contributed by atoms with Crippen molar-refractivity contribution in [1.82, 2.24) is 0 Å². The maximum absolute atomic E-state index is 12.8. The number of piperidine rings is 1. The lowest BCUT2D eigenvalue weighted by Crippen LogP contribution is -2.31. The molecule has 2 aromatic carbocycles. The third kappa shape index (κ3) is 5.97. The number of nitrogens with one attached hydrogen (secondary N) is 1.